The molecule has 2 aromatic rings. The summed E-state index contributed by atoms with van der Waals surface area (Å²) in [5.74, 6) is -0.275. The lowest BCUT2D eigenvalue weighted by Crippen LogP contribution is -1.98. The molecular formula is C11H7ClF3N3. The predicted molar refractivity (Wildman–Crippen MR) is 61.7 cm³/mol. The van der Waals surface area contributed by atoms with E-state index in [1.807, 2.05) is 0 Å². The molecule has 0 amide bonds. The molecule has 0 spiro atoms. The summed E-state index contributed by atoms with van der Waals surface area (Å²) in [6.07, 6.45) is -2.66. The van der Waals surface area contributed by atoms with Gasteiger partial charge in [0.15, 0.2) is 5.82 Å². The maximum Gasteiger partial charge on any atom is 0.282 e. The van der Waals surface area contributed by atoms with Gasteiger partial charge in [0.2, 0.25) is 0 Å². The van der Waals surface area contributed by atoms with Crippen LogP contribution in [0.15, 0.2) is 30.3 Å². The van der Waals surface area contributed by atoms with Crippen LogP contribution >= 0.6 is 11.6 Å². The summed E-state index contributed by atoms with van der Waals surface area (Å²) in [6.45, 7) is 0. The number of halogens is 4. The van der Waals surface area contributed by atoms with Crippen molar-refractivity contribution >= 4 is 23.1 Å². The average molecular weight is 274 g/mol. The molecule has 0 aliphatic carbocycles. The summed E-state index contributed by atoms with van der Waals surface area (Å²) in [6, 6.07) is 6.51. The molecule has 0 aliphatic heterocycles. The van der Waals surface area contributed by atoms with Crippen molar-refractivity contribution in [3.05, 3.63) is 46.9 Å². The molecule has 0 atom stereocenters. The van der Waals surface area contributed by atoms with Crippen LogP contribution in [0.25, 0.3) is 0 Å². The predicted octanol–water partition coefficient (Wildman–Crippen LogP) is 3.95. The normalized spacial score (nSPS) is 10.7. The molecule has 0 saturated carbocycles. The minimum Gasteiger partial charge on any atom is -0.339 e. The zero-order chi connectivity index (χ0) is 13.1. The highest BCUT2D eigenvalue weighted by Gasteiger charge is 2.09. The van der Waals surface area contributed by atoms with E-state index in [9.17, 15) is 13.2 Å². The Morgan fingerprint density at radius 3 is 2.44 bits per heavy atom. The fourth-order valence-corrected chi connectivity index (χ4v) is 1.43. The highest BCUT2D eigenvalue weighted by molar-refractivity contribution is 6.31. The van der Waals surface area contributed by atoms with Crippen LogP contribution in [-0.2, 0) is 0 Å². The number of benzene rings is 1. The van der Waals surface area contributed by atoms with Crippen LogP contribution in [0.3, 0.4) is 0 Å². The Balaban J connectivity index is 2.15. The number of hydrogen-bond donors (Lipinski definition) is 1. The van der Waals surface area contributed by atoms with Crippen molar-refractivity contribution in [3.8, 4) is 0 Å². The Kier molecular flexibility index (Phi) is 3.66. The third kappa shape index (κ3) is 2.89. The minimum absolute atomic E-state index is 0.0443. The van der Waals surface area contributed by atoms with Gasteiger partial charge in [-0.15, -0.1) is 10.2 Å². The highest BCUT2D eigenvalue weighted by Crippen LogP contribution is 2.22. The fourth-order valence-electron chi connectivity index (χ4n) is 1.25. The Bertz CT molecular complexity index is 546. The summed E-state index contributed by atoms with van der Waals surface area (Å²) >= 11 is 5.60. The quantitative estimate of drug-likeness (QED) is 0.920. The van der Waals surface area contributed by atoms with E-state index in [2.05, 4.69) is 15.5 Å². The second kappa shape index (κ2) is 5.22. The summed E-state index contributed by atoms with van der Waals surface area (Å²) < 4.78 is 37.4. The smallest absolute Gasteiger partial charge is 0.282 e. The summed E-state index contributed by atoms with van der Waals surface area (Å²) in [4.78, 5) is 0. The minimum atomic E-state index is -2.66. The van der Waals surface area contributed by atoms with Crippen molar-refractivity contribution in [1.29, 1.82) is 0 Å². The first-order chi connectivity index (χ1) is 8.56. The topological polar surface area (TPSA) is 37.8 Å². The molecule has 1 aromatic heterocycles. The number of nitrogens with one attached hydrogen (secondary N) is 1. The van der Waals surface area contributed by atoms with Gasteiger partial charge in [-0.3, -0.25) is 0 Å². The monoisotopic (exact) mass is 273 g/mol. The van der Waals surface area contributed by atoms with Gasteiger partial charge >= 0.3 is 0 Å². The van der Waals surface area contributed by atoms with E-state index in [1.54, 1.807) is 0 Å². The number of nitrogens with zero attached hydrogens (tertiary/aromatic N) is 2. The van der Waals surface area contributed by atoms with E-state index >= 15 is 0 Å². The molecule has 18 heavy (non-hydrogen) atoms. The summed E-state index contributed by atoms with van der Waals surface area (Å²) in [5, 5.41) is 9.64. The second-order valence-electron chi connectivity index (χ2n) is 3.40. The molecule has 1 heterocycles. The van der Waals surface area contributed by atoms with Crippen molar-refractivity contribution < 1.29 is 13.2 Å². The van der Waals surface area contributed by atoms with Crippen molar-refractivity contribution in [2.24, 2.45) is 0 Å². The van der Waals surface area contributed by atoms with E-state index in [-0.39, 0.29) is 10.8 Å². The largest absolute Gasteiger partial charge is 0.339 e. The number of hydrogen-bond acceptors (Lipinski definition) is 3. The van der Waals surface area contributed by atoms with Crippen molar-refractivity contribution in [3.63, 3.8) is 0 Å². The molecule has 0 bridgehead atoms. The van der Waals surface area contributed by atoms with Crippen LogP contribution in [0.4, 0.5) is 24.7 Å². The SMILES string of the molecule is Fc1ccc(Nc2ccc(C(F)F)nn2)cc1Cl. The molecule has 0 saturated heterocycles. The van der Waals surface area contributed by atoms with E-state index in [0.717, 1.165) is 6.07 Å². The Hall–Kier alpha value is -1.82. The van der Waals surface area contributed by atoms with Crippen LogP contribution in [0.5, 0.6) is 0 Å². The van der Waals surface area contributed by atoms with Gasteiger partial charge in [-0.25, -0.2) is 13.2 Å². The first-order valence-corrected chi connectivity index (χ1v) is 5.28. The zero-order valence-electron chi connectivity index (χ0n) is 8.87. The lowest BCUT2D eigenvalue weighted by molar-refractivity contribution is 0.145. The Morgan fingerprint density at radius 2 is 1.89 bits per heavy atom. The molecule has 0 unspecified atom stereocenters. The maximum atomic E-state index is 12.9. The molecule has 0 fully saturated rings. The summed E-state index contributed by atoms with van der Waals surface area (Å²) in [7, 11) is 0. The fraction of sp³-hybridized carbons (Fsp3) is 0.0909. The van der Waals surface area contributed by atoms with Crippen molar-refractivity contribution in [2.45, 2.75) is 6.43 Å². The van der Waals surface area contributed by atoms with Crippen molar-refractivity contribution in [2.75, 3.05) is 5.32 Å². The summed E-state index contributed by atoms with van der Waals surface area (Å²) in [5.41, 5.74) is 0.0817. The standard InChI is InChI=1S/C11H7ClF3N3/c12-7-5-6(1-2-8(7)13)16-10-4-3-9(11(14)15)17-18-10/h1-5,11H,(H,16,18). The lowest BCUT2D eigenvalue weighted by atomic mass is 10.3. The number of anilines is 2. The van der Waals surface area contributed by atoms with Crippen LogP contribution in [0.1, 0.15) is 12.1 Å². The average Bonchev–Trinajstić information content (AvgIpc) is 2.34. The number of aromatic nitrogens is 2. The van der Waals surface area contributed by atoms with Crippen molar-refractivity contribution in [1.82, 2.24) is 10.2 Å². The Labute approximate surface area is 106 Å². The molecule has 94 valence electrons. The Morgan fingerprint density at radius 1 is 1.11 bits per heavy atom. The van der Waals surface area contributed by atoms with E-state index in [1.165, 1.54) is 24.3 Å². The van der Waals surface area contributed by atoms with E-state index in [4.69, 9.17) is 11.6 Å². The molecule has 2 rings (SSSR count). The van der Waals surface area contributed by atoms with Gasteiger partial charge in [-0.2, -0.15) is 0 Å². The first kappa shape index (κ1) is 12.6. The van der Waals surface area contributed by atoms with Gasteiger partial charge < -0.3 is 5.32 Å². The zero-order valence-corrected chi connectivity index (χ0v) is 9.63. The molecule has 0 aliphatic rings. The highest BCUT2D eigenvalue weighted by atomic mass is 35.5. The molecule has 0 radical (unpaired) electrons. The van der Waals surface area contributed by atoms with Gasteiger partial charge in [0, 0.05) is 5.69 Å². The first-order valence-electron chi connectivity index (χ1n) is 4.90. The molecule has 7 heteroatoms. The van der Waals surface area contributed by atoms with Gasteiger partial charge in [0.1, 0.15) is 11.5 Å². The molecular weight excluding hydrogens is 267 g/mol. The van der Waals surface area contributed by atoms with E-state index < -0.39 is 17.9 Å². The number of rotatable bonds is 3. The van der Waals surface area contributed by atoms with Gasteiger partial charge in [0.25, 0.3) is 6.43 Å². The molecule has 3 nitrogen and oxygen atoms in total. The number of alkyl halides is 2. The van der Waals surface area contributed by atoms with Crippen LogP contribution in [0.2, 0.25) is 5.02 Å². The lowest BCUT2D eigenvalue weighted by Gasteiger charge is -2.06. The van der Waals surface area contributed by atoms with Crippen LogP contribution in [0, 0.1) is 5.82 Å². The van der Waals surface area contributed by atoms with Crippen LogP contribution in [-0.4, -0.2) is 10.2 Å². The third-order valence-electron chi connectivity index (χ3n) is 2.10. The van der Waals surface area contributed by atoms with Gasteiger partial charge in [-0.1, -0.05) is 11.6 Å². The third-order valence-corrected chi connectivity index (χ3v) is 2.39. The van der Waals surface area contributed by atoms with Gasteiger partial charge in [-0.05, 0) is 30.3 Å². The van der Waals surface area contributed by atoms with E-state index in [0.29, 0.717) is 5.69 Å². The maximum absolute atomic E-state index is 12.9. The molecule has 1 N–H and O–H groups in total. The second-order valence-corrected chi connectivity index (χ2v) is 3.81. The van der Waals surface area contributed by atoms with Gasteiger partial charge in [0.05, 0.1) is 5.02 Å². The molecule has 1 aromatic carbocycles. The van der Waals surface area contributed by atoms with Crippen LogP contribution < -0.4 is 5.32 Å².